The fourth-order valence-electron chi connectivity index (χ4n) is 2.24. The zero-order chi connectivity index (χ0) is 17.1. The van der Waals surface area contributed by atoms with Gasteiger partial charge in [-0.3, -0.25) is 9.48 Å². The van der Waals surface area contributed by atoms with Crippen LogP contribution in [0.2, 0.25) is 0 Å². The highest BCUT2D eigenvalue weighted by Gasteiger charge is 2.12. The fraction of sp³-hybridized carbons (Fsp3) is 0.118. The summed E-state index contributed by atoms with van der Waals surface area (Å²) in [5, 5.41) is 4.23. The molecular formula is C17H15FN4O2. The number of nitrogens with zero attached hydrogens (tertiary/aromatic N) is 3. The zero-order valence-corrected chi connectivity index (χ0v) is 12.9. The van der Waals surface area contributed by atoms with Gasteiger partial charge < -0.3 is 10.5 Å². The third-order valence-electron chi connectivity index (χ3n) is 3.42. The van der Waals surface area contributed by atoms with Crippen molar-refractivity contribution in [2.75, 3.05) is 0 Å². The largest absolute Gasteiger partial charge is 0.485 e. The Balaban J connectivity index is 1.94. The number of pyridine rings is 1. The highest BCUT2D eigenvalue weighted by atomic mass is 19.1. The summed E-state index contributed by atoms with van der Waals surface area (Å²) in [5.41, 5.74) is 7.45. The Morgan fingerprint density at radius 2 is 2.04 bits per heavy atom. The second-order valence-corrected chi connectivity index (χ2v) is 5.21. The molecule has 0 bridgehead atoms. The molecule has 0 spiro atoms. The van der Waals surface area contributed by atoms with Gasteiger partial charge in [-0.1, -0.05) is 12.1 Å². The molecule has 1 amide bonds. The highest BCUT2D eigenvalue weighted by Crippen LogP contribution is 2.30. The maximum absolute atomic E-state index is 13.2. The highest BCUT2D eigenvalue weighted by molar-refractivity contribution is 5.92. The Hall–Kier alpha value is -3.22. The van der Waals surface area contributed by atoms with E-state index in [0.717, 1.165) is 5.69 Å². The molecule has 2 heterocycles. The van der Waals surface area contributed by atoms with Gasteiger partial charge in [0.1, 0.15) is 23.9 Å². The third-order valence-corrected chi connectivity index (χ3v) is 3.42. The summed E-state index contributed by atoms with van der Waals surface area (Å²) in [6.45, 7) is 0.243. The number of primary amides is 1. The van der Waals surface area contributed by atoms with Crippen molar-refractivity contribution in [3.63, 3.8) is 0 Å². The van der Waals surface area contributed by atoms with Crippen LogP contribution in [0.25, 0.3) is 11.1 Å². The molecule has 0 aliphatic heterocycles. The Morgan fingerprint density at radius 1 is 1.29 bits per heavy atom. The number of carbonyl (C=O) groups excluding carboxylic acids is 1. The summed E-state index contributed by atoms with van der Waals surface area (Å²) >= 11 is 0. The van der Waals surface area contributed by atoms with E-state index in [2.05, 4.69) is 10.1 Å². The molecule has 2 N–H and O–H groups in total. The Kier molecular flexibility index (Phi) is 4.24. The molecule has 0 aliphatic carbocycles. The number of aromatic nitrogens is 3. The summed E-state index contributed by atoms with van der Waals surface area (Å²) in [7, 11) is 1.82. The van der Waals surface area contributed by atoms with Gasteiger partial charge in [0.05, 0.1) is 11.9 Å². The summed E-state index contributed by atoms with van der Waals surface area (Å²) < 4.78 is 20.6. The first-order chi connectivity index (χ1) is 11.5. The van der Waals surface area contributed by atoms with Crippen molar-refractivity contribution in [1.29, 1.82) is 0 Å². The van der Waals surface area contributed by atoms with Gasteiger partial charge in [0.15, 0.2) is 0 Å². The number of carbonyl (C=O) groups is 1. The topological polar surface area (TPSA) is 83.0 Å². The molecule has 0 atom stereocenters. The van der Waals surface area contributed by atoms with E-state index in [9.17, 15) is 9.18 Å². The average molecular weight is 326 g/mol. The molecule has 2 aromatic heterocycles. The van der Waals surface area contributed by atoms with Crippen LogP contribution in [0.4, 0.5) is 4.39 Å². The standard InChI is InChI=1S/C17H15FN4O2/c1-22-7-6-13(21-22)10-24-16-9-20-15(17(19)23)8-14(16)11-2-4-12(18)5-3-11/h2-9H,10H2,1H3,(H2,19,23). The molecule has 1 aromatic carbocycles. The van der Waals surface area contributed by atoms with Gasteiger partial charge in [0.2, 0.25) is 0 Å². The predicted octanol–water partition coefficient (Wildman–Crippen LogP) is 2.30. The molecule has 0 radical (unpaired) electrons. The molecule has 0 saturated carbocycles. The van der Waals surface area contributed by atoms with E-state index in [4.69, 9.17) is 10.5 Å². The van der Waals surface area contributed by atoms with Crippen LogP contribution >= 0.6 is 0 Å². The second-order valence-electron chi connectivity index (χ2n) is 5.21. The molecule has 0 fully saturated rings. The van der Waals surface area contributed by atoms with E-state index < -0.39 is 5.91 Å². The molecule has 3 aromatic rings. The van der Waals surface area contributed by atoms with E-state index in [0.29, 0.717) is 16.9 Å². The lowest BCUT2D eigenvalue weighted by molar-refractivity contribution is 0.0995. The van der Waals surface area contributed by atoms with E-state index >= 15 is 0 Å². The smallest absolute Gasteiger partial charge is 0.267 e. The van der Waals surface area contributed by atoms with Crippen molar-refractivity contribution in [2.45, 2.75) is 6.61 Å². The number of benzene rings is 1. The minimum Gasteiger partial charge on any atom is -0.485 e. The summed E-state index contributed by atoms with van der Waals surface area (Å²) in [4.78, 5) is 15.4. The minimum absolute atomic E-state index is 0.111. The van der Waals surface area contributed by atoms with Gasteiger partial charge in [-0.2, -0.15) is 5.10 Å². The van der Waals surface area contributed by atoms with Crippen LogP contribution in [0.1, 0.15) is 16.2 Å². The van der Waals surface area contributed by atoms with E-state index in [1.54, 1.807) is 16.8 Å². The number of rotatable bonds is 5. The molecule has 7 heteroatoms. The zero-order valence-electron chi connectivity index (χ0n) is 12.9. The van der Waals surface area contributed by atoms with Crippen LogP contribution in [0.5, 0.6) is 5.75 Å². The van der Waals surface area contributed by atoms with Crippen LogP contribution < -0.4 is 10.5 Å². The van der Waals surface area contributed by atoms with E-state index in [1.807, 2.05) is 19.3 Å². The monoisotopic (exact) mass is 326 g/mol. The quantitative estimate of drug-likeness (QED) is 0.780. The molecule has 0 unspecified atom stereocenters. The van der Waals surface area contributed by atoms with Crippen LogP contribution in [0.3, 0.4) is 0 Å². The predicted molar refractivity (Wildman–Crippen MR) is 85.7 cm³/mol. The van der Waals surface area contributed by atoms with Gasteiger partial charge >= 0.3 is 0 Å². The van der Waals surface area contributed by atoms with E-state index in [-0.39, 0.29) is 18.1 Å². The lowest BCUT2D eigenvalue weighted by atomic mass is 10.0. The Labute approximate surface area is 137 Å². The summed E-state index contributed by atoms with van der Waals surface area (Å²) in [5.74, 6) is -0.536. The van der Waals surface area contributed by atoms with Gasteiger partial charge in [0.25, 0.3) is 5.91 Å². The first kappa shape index (κ1) is 15.7. The number of nitrogens with two attached hydrogens (primary N) is 1. The van der Waals surface area contributed by atoms with Crippen molar-refractivity contribution in [1.82, 2.24) is 14.8 Å². The first-order valence-corrected chi connectivity index (χ1v) is 7.20. The molecule has 0 aliphatic rings. The molecular weight excluding hydrogens is 311 g/mol. The molecule has 0 saturated heterocycles. The fourth-order valence-corrected chi connectivity index (χ4v) is 2.24. The van der Waals surface area contributed by atoms with Gasteiger partial charge in [-0.25, -0.2) is 9.37 Å². The van der Waals surface area contributed by atoms with Crippen LogP contribution in [-0.2, 0) is 13.7 Å². The van der Waals surface area contributed by atoms with Crippen molar-refractivity contribution in [3.05, 3.63) is 66.0 Å². The van der Waals surface area contributed by atoms with Crippen molar-refractivity contribution in [2.24, 2.45) is 12.8 Å². The maximum atomic E-state index is 13.2. The summed E-state index contributed by atoms with van der Waals surface area (Å²) in [6, 6.07) is 9.24. The average Bonchev–Trinajstić information content (AvgIpc) is 2.99. The van der Waals surface area contributed by atoms with Crippen LogP contribution in [-0.4, -0.2) is 20.7 Å². The van der Waals surface area contributed by atoms with Crippen molar-refractivity contribution < 1.29 is 13.9 Å². The molecule has 6 nitrogen and oxygen atoms in total. The number of hydrogen-bond acceptors (Lipinski definition) is 4. The van der Waals surface area contributed by atoms with Crippen molar-refractivity contribution >= 4 is 5.91 Å². The number of ether oxygens (including phenoxy) is 1. The maximum Gasteiger partial charge on any atom is 0.267 e. The number of amides is 1. The Morgan fingerprint density at radius 3 is 2.67 bits per heavy atom. The number of hydrogen-bond donors (Lipinski definition) is 1. The van der Waals surface area contributed by atoms with Crippen LogP contribution in [0, 0.1) is 5.82 Å². The van der Waals surface area contributed by atoms with Gasteiger partial charge in [-0.05, 0) is 29.8 Å². The van der Waals surface area contributed by atoms with Crippen molar-refractivity contribution in [3.8, 4) is 16.9 Å². The first-order valence-electron chi connectivity index (χ1n) is 7.20. The van der Waals surface area contributed by atoms with Gasteiger partial charge in [0, 0.05) is 18.8 Å². The third kappa shape index (κ3) is 3.40. The van der Waals surface area contributed by atoms with E-state index in [1.165, 1.54) is 24.4 Å². The Bertz CT molecular complexity index is 875. The molecule has 122 valence electrons. The lowest BCUT2D eigenvalue weighted by Crippen LogP contribution is -2.13. The second kappa shape index (κ2) is 6.49. The normalized spacial score (nSPS) is 10.6. The number of halogens is 1. The van der Waals surface area contributed by atoms with Gasteiger partial charge in [-0.15, -0.1) is 0 Å². The summed E-state index contributed by atoms with van der Waals surface area (Å²) in [6.07, 6.45) is 3.25. The van der Waals surface area contributed by atoms with Crippen LogP contribution in [0.15, 0.2) is 48.8 Å². The minimum atomic E-state index is -0.644. The molecule has 3 rings (SSSR count). The number of aryl methyl sites for hydroxylation is 1. The molecule has 24 heavy (non-hydrogen) atoms. The SMILES string of the molecule is Cn1ccc(COc2cnc(C(N)=O)cc2-c2ccc(F)cc2)n1. The lowest BCUT2D eigenvalue weighted by Gasteiger charge is -2.11.